The molecule has 0 bridgehead atoms. The monoisotopic (exact) mass is 287 g/mol. The molecule has 1 amide bonds. The van der Waals surface area contributed by atoms with Crippen molar-refractivity contribution in [2.45, 2.75) is 38.5 Å². The Balaban J connectivity index is 2.56. The molecule has 0 saturated heterocycles. The third kappa shape index (κ3) is 5.59. The highest BCUT2D eigenvalue weighted by atomic mass is 32.2. The Hall–Kier alpha value is -1.10. The molecule has 0 aliphatic carbocycles. The largest absolute Gasteiger partial charge is 0.349 e. The van der Waals surface area contributed by atoms with Crippen molar-refractivity contribution >= 4 is 17.7 Å². The van der Waals surface area contributed by atoms with Gasteiger partial charge in [0, 0.05) is 4.75 Å². The molecule has 1 atom stereocenters. The maximum absolute atomic E-state index is 13.1. The average molecular weight is 287 g/mol. The van der Waals surface area contributed by atoms with E-state index in [1.807, 2.05) is 20.8 Å². The van der Waals surface area contributed by atoms with Crippen LogP contribution in [0.2, 0.25) is 0 Å². The molecule has 0 saturated carbocycles. The van der Waals surface area contributed by atoms with Crippen LogP contribution in [-0.4, -0.2) is 16.4 Å². The van der Waals surface area contributed by atoms with Crippen LogP contribution < -0.4 is 5.32 Å². The number of hydrogen-bond acceptors (Lipinski definition) is 2. The molecule has 106 valence electrons. The number of halogens is 2. The zero-order chi connectivity index (χ0) is 14.6. The van der Waals surface area contributed by atoms with Gasteiger partial charge in [-0.1, -0.05) is 26.8 Å². The van der Waals surface area contributed by atoms with Crippen LogP contribution in [-0.2, 0) is 4.79 Å². The first-order valence-electron chi connectivity index (χ1n) is 6.07. The Morgan fingerprint density at radius 3 is 2.47 bits per heavy atom. The summed E-state index contributed by atoms with van der Waals surface area (Å²) in [4.78, 5) is 11.7. The first-order chi connectivity index (χ1) is 8.69. The van der Waals surface area contributed by atoms with Crippen molar-refractivity contribution in [3.8, 4) is 0 Å². The van der Waals surface area contributed by atoms with E-state index in [9.17, 15) is 13.6 Å². The molecule has 1 aromatic carbocycles. The number of thioether (sulfide) groups is 1. The van der Waals surface area contributed by atoms with Gasteiger partial charge in [0.2, 0.25) is 5.91 Å². The normalized spacial score (nSPS) is 13.2. The van der Waals surface area contributed by atoms with Crippen molar-refractivity contribution < 1.29 is 13.6 Å². The van der Waals surface area contributed by atoms with Crippen molar-refractivity contribution in [1.29, 1.82) is 0 Å². The summed E-state index contributed by atoms with van der Waals surface area (Å²) in [6.07, 6.45) is 0. The molecule has 1 N–H and O–H groups in total. The van der Waals surface area contributed by atoms with Gasteiger partial charge in [-0.25, -0.2) is 8.78 Å². The van der Waals surface area contributed by atoms with Crippen LogP contribution in [0.25, 0.3) is 0 Å². The molecular weight excluding hydrogens is 268 g/mol. The van der Waals surface area contributed by atoms with Crippen LogP contribution >= 0.6 is 11.8 Å². The number of carbonyl (C=O) groups excluding carboxylic acids is 1. The second-order valence-corrected chi connectivity index (χ2v) is 7.17. The minimum absolute atomic E-state index is 0.0164. The number of hydrogen-bond donors (Lipinski definition) is 1. The van der Waals surface area contributed by atoms with E-state index in [0.29, 0.717) is 11.3 Å². The third-order valence-electron chi connectivity index (χ3n) is 2.46. The van der Waals surface area contributed by atoms with Crippen molar-refractivity contribution in [3.05, 3.63) is 35.4 Å². The molecule has 0 aliphatic rings. The highest BCUT2D eigenvalue weighted by molar-refractivity contribution is 8.01. The molecule has 0 aliphatic heterocycles. The number of amides is 1. The van der Waals surface area contributed by atoms with Crippen molar-refractivity contribution in [1.82, 2.24) is 5.32 Å². The van der Waals surface area contributed by atoms with Gasteiger partial charge in [0.25, 0.3) is 0 Å². The van der Waals surface area contributed by atoms with E-state index in [1.54, 1.807) is 6.92 Å². The fourth-order valence-corrected chi connectivity index (χ4v) is 2.08. The first kappa shape index (κ1) is 16.0. The van der Waals surface area contributed by atoms with Crippen LogP contribution in [0.1, 0.15) is 39.3 Å². The van der Waals surface area contributed by atoms with E-state index in [1.165, 1.54) is 17.8 Å². The summed E-state index contributed by atoms with van der Waals surface area (Å²) in [5, 5.41) is 2.77. The summed E-state index contributed by atoms with van der Waals surface area (Å²) in [5.74, 6) is -1.55. The Bertz CT molecular complexity index is 457. The predicted molar refractivity (Wildman–Crippen MR) is 75.1 cm³/mol. The number of carbonyl (C=O) groups is 1. The van der Waals surface area contributed by atoms with Crippen LogP contribution in [0, 0.1) is 11.6 Å². The van der Waals surface area contributed by atoms with Gasteiger partial charge in [-0.15, -0.1) is 11.8 Å². The van der Waals surface area contributed by atoms with Crippen molar-refractivity contribution in [2.24, 2.45) is 0 Å². The lowest BCUT2D eigenvalue weighted by Gasteiger charge is -2.19. The zero-order valence-corrected chi connectivity index (χ0v) is 12.4. The van der Waals surface area contributed by atoms with Crippen LogP contribution in [0.4, 0.5) is 8.78 Å². The SMILES string of the molecule is CC(NC(=O)CSC(C)(C)C)c1ccc(F)c(F)c1. The molecule has 2 nitrogen and oxygen atoms in total. The molecule has 19 heavy (non-hydrogen) atoms. The van der Waals surface area contributed by atoms with Gasteiger partial charge in [0.15, 0.2) is 11.6 Å². The average Bonchev–Trinajstić information content (AvgIpc) is 2.29. The summed E-state index contributed by atoms with van der Waals surface area (Å²) in [6, 6.07) is 3.30. The van der Waals surface area contributed by atoms with E-state index in [0.717, 1.165) is 12.1 Å². The zero-order valence-electron chi connectivity index (χ0n) is 11.6. The molecule has 0 heterocycles. The second-order valence-electron chi connectivity index (χ2n) is 5.36. The summed E-state index contributed by atoms with van der Waals surface area (Å²) < 4.78 is 25.9. The minimum atomic E-state index is -0.900. The number of benzene rings is 1. The molecule has 5 heteroatoms. The summed E-state index contributed by atoms with van der Waals surface area (Å²) >= 11 is 1.54. The molecule has 0 radical (unpaired) electrons. The second kappa shape index (κ2) is 6.37. The molecule has 1 aromatic rings. The Morgan fingerprint density at radius 1 is 1.32 bits per heavy atom. The summed E-state index contributed by atoms with van der Waals surface area (Å²) in [5.41, 5.74) is 0.549. The quantitative estimate of drug-likeness (QED) is 0.915. The molecule has 1 rings (SSSR count). The number of nitrogens with one attached hydrogen (secondary N) is 1. The molecule has 1 unspecified atom stereocenters. The van der Waals surface area contributed by atoms with Gasteiger partial charge in [-0.3, -0.25) is 4.79 Å². The maximum Gasteiger partial charge on any atom is 0.230 e. The van der Waals surface area contributed by atoms with E-state index >= 15 is 0 Å². The highest BCUT2D eigenvalue weighted by Gasteiger charge is 2.16. The lowest BCUT2D eigenvalue weighted by Crippen LogP contribution is -2.29. The fraction of sp³-hybridized carbons (Fsp3) is 0.500. The standard InChI is InChI=1S/C14H19F2NOS/c1-9(10-5-6-11(15)12(16)7-10)17-13(18)8-19-14(2,3)4/h5-7,9H,8H2,1-4H3,(H,17,18). The molecular formula is C14H19F2NOS. The lowest BCUT2D eigenvalue weighted by atomic mass is 10.1. The van der Waals surface area contributed by atoms with Crippen molar-refractivity contribution in [2.75, 3.05) is 5.75 Å². The minimum Gasteiger partial charge on any atom is -0.349 e. The Labute approximate surface area is 117 Å². The van der Waals surface area contributed by atoms with Gasteiger partial charge in [0.05, 0.1) is 11.8 Å². The highest BCUT2D eigenvalue weighted by Crippen LogP contribution is 2.23. The summed E-state index contributed by atoms with van der Waals surface area (Å²) in [7, 11) is 0. The van der Waals surface area contributed by atoms with E-state index in [2.05, 4.69) is 5.32 Å². The topological polar surface area (TPSA) is 29.1 Å². The van der Waals surface area contributed by atoms with Gasteiger partial charge >= 0.3 is 0 Å². The maximum atomic E-state index is 13.1. The Morgan fingerprint density at radius 2 is 1.95 bits per heavy atom. The van der Waals surface area contributed by atoms with Crippen LogP contribution in [0.5, 0.6) is 0 Å². The van der Waals surface area contributed by atoms with Gasteiger partial charge in [0.1, 0.15) is 0 Å². The van der Waals surface area contributed by atoms with Crippen LogP contribution in [0.3, 0.4) is 0 Å². The van der Waals surface area contributed by atoms with Crippen molar-refractivity contribution in [3.63, 3.8) is 0 Å². The molecule has 0 aromatic heterocycles. The van der Waals surface area contributed by atoms with E-state index in [-0.39, 0.29) is 16.7 Å². The van der Waals surface area contributed by atoms with Gasteiger partial charge in [-0.2, -0.15) is 0 Å². The van der Waals surface area contributed by atoms with E-state index < -0.39 is 11.6 Å². The molecule has 0 fully saturated rings. The molecule has 0 spiro atoms. The first-order valence-corrected chi connectivity index (χ1v) is 7.06. The van der Waals surface area contributed by atoms with Gasteiger partial charge in [-0.05, 0) is 24.6 Å². The van der Waals surface area contributed by atoms with Gasteiger partial charge < -0.3 is 5.32 Å². The summed E-state index contributed by atoms with van der Waals surface area (Å²) in [6.45, 7) is 7.84. The lowest BCUT2D eigenvalue weighted by molar-refractivity contribution is -0.119. The predicted octanol–water partition coefficient (Wildman–Crippen LogP) is 3.67. The number of rotatable bonds is 4. The Kier molecular flexibility index (Phi) is 5.35. The van der Waals surface area contributed by atoms with Crippen LogP contribution in [0.15, 0.2) is 18.2 Å². The fourth-order valence-electron chi connectivity index (χ4n) is 1.43. The smallest absolute Gasteiger partial charge is 0.230 e. The van der Waals surface area contributed by atoms with E-state index in [4.69, 9.17) is 0 Å². The third-order valence-corrected chi connectivity index (χ3v) is 3.73.